The number of amides is 2. The van der Waals surface area contributed by atoms with Crippen LogP contribution in [0.1, 0.15) is 19.3 Å². The van der Waals surface area contributed by atoms with Gasteiger partial charge in [0, 0.05) is 6.20 Å². The van der Waals surface area contributed by atoms with Gasteiger partial charge in [0.2, 0.25) is 11.8 Å². The number of primary amides is 1. The predicted octanol–water partition coefficient (Wildman–Crippen LogP) is -0.129. The van der Waals surface area contributed by atoms with Gasteiger partial charge in [-0.25, -0.2) is 0 Å². The van der Waals surface area contributed by atoms with Crippen LogP contribution in [0.25, 0.3) is 0 Å². The molecule has 0 saturated carbocycles. The fourth-order valence-corrected chi connectivity index (χ4v) is 1.98. The lowest BCUT2D eigenvalue weighted by atomic mass is 10.0. The number of halogens is 1. The highest BCUT2D eigenvalue weighted by Crippen LogP contribution is 2.10. The van der Waals surface area contributed by atoms with E-state index in [9.17, 15) is 9.59 Å². The summed E-state index contributed by atoms with van der Waals surface area (Å²) in [5, 5.41) is 9.87. The number of nitrogens with one attached hydrogen (secondary N) is 2. The molecule has 0 bridgehead atoms. The predicted molar refractivity (Wildman–Crippen MR) is 72.9 cm³/mol. The molecule has 1 saturated heterocycles. The lowest BCUT2D eigenvalue weighted by molar-refractivity contribution is -0.119. The van der Waals surface area contributed by atoms with Gasteiger partial charge in [-0.2, -0.15) is 5.10 Å². The number of rotatable bonds is 4. The second-order valence-electron chi connectivity index (χ2n) is 4.38. The number of carbonyl (C=O) groups excluding carboxylic acids is 2. The van der Waals surface area contributed by atoms with Gasteiger partial charge in [0.15, 0.2) is 0 Å². The van der Waals surface area contributed by atoms with Crippen molar-refractivity contribution in [1.82, 2.24) is 15.1 Å². The molecule has 7 nitrogen and oxygen atoms in total. The number of anilines is 1. The molecule has 1 atom stereocenters. The fourth-order valence-electron chi connectivity index (χ4n) is 1.98. The molecule has 8 heteroatoms. The molecule has 1 aliphatic heterocycles. The second kappa shape index (κ2) is 7.10. The van der Waals surface area contributed by atoms with Gasteiger partial charge < -0.3 is 16.4 Å². The summed E-state index contributed by atoms with van der Waals surface area (Å²) in [4.78, 5) is 22.6. The zero-order valence-electron chi connectivity index (χ0n) is 10.5. The minimum atomic E-state index is -0.468. The van der Waals surface area contributed by atoms with Crippen LogP contribution < -0.4 is 16.4 Å². The molecule has 0 unspecified atom stereocenters. The van der Waals surface area contributed by atoms with Crippen molar-refractivity contribution in [2.45, 2.75) is 31.8 Å². The molecular formula is C11H18ClN5O2. The quantitative estimate of drug-likeness (QED) is 0.718. The summed E-state index contributed by atoms with van der Waals surface area (Å²) in [6.07, 6.45) is 6.11. The molecule has 2 amide bonds. The minimum Gasteiger partial charge on any atom is -0.368 e. The molecule has 2 rings (SSSR count). The van der Waals surface area contributed by atoms with Crippen molar-refractivity contribution in [2.75, 3.05) is 11.9 Å². The van der Waals surface area contributed by atoms with E-state index in [1.54, 1.807) is 6.20 Å². The van der Waals surface area contributed by atoms with E-state index in [0.717, 1.165) is 25.8 Å². The molecular weight excluding hydrogens is 270 g/mol. The first-order valence-corrected chi connectivity index (χ1v) is 6.00. The zero-order valence-corrected chi connectivity index (χ0v) is 11.3. The molecule has 1 fully saturated rings. The van der Waals surface area contributed by atoms with E-state index < -0.39 is 5.91 Å². The van der Waals surface area contributed by atoms with E-state index in [2.05, 4.69) is 15.7 Å². The monoisotopic (exact) mass is 287 g/mol. The Hall–Kier alpha value is -1.60. The largest absolute Gasteiger partial charge is 0.368 e. The molecule has 0 spiro atoms. The normalized spacial score (nSPS) is 18.4. The van der Waals surface area contributed by atoms with Crippen LogP contribution in [0.5, 0.6) is 0 Å². The summed E-state index contributed by atoms with van der Waals surface area (Å²) in [7, 11) is 0. The number of hydrogen-bond acceptors (Lipinski definition) is 4. The van der Waals surface area contributed by atoms with Gasteiger partial charge in [-0.15, -0.1) is 12.4 Å². The first-order valence-electron chi connectivity index (χ1n) is 6.00. The first-order chi connectivity index (χ1) is 8.65. The lowest BCUT2D eigenvalue weighted by Gasteiger charge is -2.22. The van der Waals surface area contributed by atoms with Gasteiger partial charge in [0.1, 0.15) is 6.54 Å². The summed E-state index contributed by atoms with van der Waals surface area (Å²) in [6.45, 7) is 0.885. The standard InChI is InChI=1S/C11H17N5O2.ClH/c12-10(17)7-16-6-8(5-14-16)15-11(18)9-3-1-2-4-13-9;/h5-6,9,13H,1-4,7H2,(H2,12,17)(H,15,18);1H/t9-;/m0./s1. The van der Waals surface area contributed by atoms with Crippen LogP contribution in [0.15, 0.2) is 12.4 Å². The van der Waals surface area contributed by atoms with E-state index in [-0.39, 0.29) is 30.9 Å². The van der Waals surface area contributed by atoms with Crippen LogP contribution in [-0.2, 0) is 16.1 Å². The van der Waals surface area contributed by atoms with E-state index in [1.807, 2.05) is 0 Å². The molecule has 2 heterocycles. The molecule has 1 aromatic heterocycles. The number of aromatic nitrogens is 2. The Morgan fingerprint density at radius 3 is 2.95 bits per heavy atom. The van der Waals surface area contributed by atoms with Crippen LogP contribution in [0.3, 0.4) is 0 Å². The number of hydrogen-bond donors (Lipinski definition) is 3. The van der Waals surface area contributed by atoms with Gasteiger partial charge in [-0.3, -0.25) is 14.3 Å². The van der Waals surface area contributed by atoms with Crippen molar-refractivity contribution in [1.29, 1.82) is 0 Å². The number of carbonyl (C=O) groups is 2. The van der Waals surface area contributed by atoms with Crippen LogP contribution in [0.4, 0.5) is 5.69 Å². The Kier molecular flexibility index (Phi) is 5.78. The SMILES string of the molecule is Cl.NC(=O)Cn1cc(NC(=O)[C@@H]2CCCCN2)cn1. The third kappa shape index (κ3) is 4.53. The molecule has 0 aliphatic carbocycles. The van der Waals surface area contributed by atoms with E-state index in [0.29, 0.717) is 5.69 Å². The van der Waals surface area contributed by atoms with Crippen molar-refractivity contribution < 1.29 is 9.59 Å². The topological polar surface area (TPSA) is 102 Å². The highest BCUT2D eigenvalue weighted by molar-refractivity contribution is 5.94. The molecule has 19 heavy (non-hydrogen) atoms. The first kappa shape index (κ1) is 15.5. The molecule has 0 radical (unpaired) electrons. The lowest BCUT2D eigenvalue weighted by Crippen LogP contribution is -2.43. The summed E-state index contributed by atoms with van der Waals surface area (Å²) in [5.74, 6) is -0.529. The van der Waals surface area contributed by atoms with Gasteiger partial charge >= 0.3 is 0 Å². The van der Waals surface area contributed by atoms with Gasteiger partial charge in [0.25, 0.3) is 0 Å². The third-order valence-corrected chi connectivity index (χ3v) is 2.85. The third-order valence-electron chi connectivity index (χ3n) is 2.85. The Labute approximate surface area is 117 Å². The van der Waals surface area contributed by atoms with Gasteiger partial charge in [-0.1, -0.05) is 6.42 Å². The highest BCUT2D eigenvalue weighted by atomic mass is 35.5. The van der Waals surface area contributed by atoms with E-state index in [4.69, 9.17) is 5.73 Å². The maximum atomic E-state index is 11.9. The highest BCUT2D eigenvalue weighted by Gasteiger charge is 2.20. The number of piperidine rings is 1. The van der Waals surface area contributed by atoms with Gasteiger partial charge in [0.05, 0.1) is 17.9 Å². The van der Waals surface area contributed by atoms with E-state index >= 15 is 0 Å². The Bertz CT molecular complexity index is 442. The maximum Gasteiger partial charge on any atom is 0.241 e. The van der Waals surface area contributed by atoms with Crippen molar-refractivity contribution >= 4 is 29.9 Å². The fraction of sp³-hybridized carbons (Fsp3) is 0.545. The summed E-state index contributed by atoms with van der Waals surface area (Å²) >= 11 is 0. The number of nitrogens with two attached hydrogens (primary N) is 1. The second-order valence-corrected chi connectivity index (χ2v) is 4.38. The minimum absolute atomic E-state index is 0. The molecule has 4 N–H and O–H groups in total. The average Bonchev–Trinajstić information content (AvgIpc) is 2.76. The van der Waals surface area contributed by atoms with Gasteiger partial charge in [-0.05, 0) is 19.4 Å². The van der Waals surface area contributed by atoms with Crippen molar-refractivity contribution in [3.63, 3.8) is 0 Å². The summed E-state index contributed by atoms with van der Waals surface area (Å²) < 4.78 is 1.40. The van der Waals surface area contributed by atoms with Crippen LogP contribution in [0.2, 0.25) is 0 Å². The molecule has 1 aromatic rings. The summed E-state index contributed by atoms with van der Waals surface area (Å²) in [5.41, 5.74) is 5.63. The molecule has 106 valence electrons. The Morgan fingerprint density at radius 1 is 1.53 bits per heavy atom. The maximum absolute atomic E-state index is 11.9. The summed E-state index contributed by atoms with van der Waals surface area (Å²) in [6, 6.07) is -0.141. The van der Waals surface area contributed by atoms with Crippen LogP contribution in [-0.4, -0.2) is 34.2 Å². The smallest absolute Gasteiger partial charge is 0.241 e. The van der Waals surface area contributed by atoms with Crippen molar-refractivity contribution in [3.8, 4) is 0 Å². The number of nitrogens with zero attached hydrogens (tertiary/aromatic N) is 2. The van der Waals surface area contributed by atoms with Crippen molar-refractivity contribution in [3.05, 3.63) is 12.4 Å². The van der Waals surface area contributed by atoms with Crippen LogP contribution >= 0.6 is 12.4 Å². The van der Waals surface area contributed by atoms with E-state index in [1.165, 1.54) is 10.9 Å². The van der Waals surface area contributed by atoms with Crippen LogP contribution in [0, 0.1) is 0 Å². The zero-order chi connectivity index (χ0) is 13.0. The molecule has 0 aromatic carbocycles. The Morgan fingerprint density at radius 2 is 2.32 bits per heavy atom. The average molecular weight is 288 g/mol. The molecule has 1 aliphatic rings. The Balaban J connectivity index is 0.00000180. The van der Waals surface area contributed by atoms with Crippen molar-refractivity contribution in [2.24, 2.45) is 5.73 Å².